The number of para-hydroxylation sites is 1. The van der Waals surface area contributed by atoms with Gasteiger partial charge in [-0.1, -0.05) is 42.0 Å². The Balaban J connectivity index is 1.76. The first-order valence-corrected chi connectivity index (χ1v) is 9.75. The minimum atomic E-state index is 0.123. The van der Waals surface area contributed by atoms with Crippen LogP contribution in [0.5, 0.6) is 0 Å². The van der Waals surface area contributed by atoms with Crippen LogP contribution in [0.1, 0.15) is 22.8 Å². The standard InChI is InChI=1S/C23H25N3O/c1-3-25-11-13-26(14-12-25)23(27)20-16-22(18-8-6-7-17(2)15-18)24-21-10-5-4-9-19(20)21/h4-10,15-16H,3,11-14H2,1-2H3/p+1. The highest BCUT2D eigenvalue weighted by atomic mass is 16.2. The van der Waals surface area contributed by atoms with E-state index in [0.717, 1.165) is 60.4 Å². The summed E-state index contributed by atoms with van der Waals surface area (Å²) in [5.41, 5.74) is 4.73. The summed E-state index contributed by atoms with van der Waals surface area (Å²) in [4.78, 5) is 21.7. The molecule has 138 valence electrons. The summed E-state index contributed by atoms with van der Waals surface area (Å²) in [5, 5.41) is 0.934. The van der Waals surface area contributed by atoms with Crippen molar-refractivity contribution in [1.82, 2.24) is 9.88 Å². The monoisotopic (exact) mass is 360 g/mol. The Morgan fingerprint density at radius 3 is 2.59 bits per heavy atom. The molecule has 0 bridgehead atoms. The van der Waals surface area contributed by atoms with Gasteiger partial charge in [0.2, 0.25) is 0 Å². The molecular formula is C23H26N3O+. The number of aryl methyl sites for hydroxylation is 1. The number of nitrogens with one attached hydrogen (secondary N) is 1. The molecule has 2 heterocycles. The molecule has 0 aliphatic carbocycles. The first-order valence-electron chi connectivity index (χ1n) is 9.75. The molecule has 27 heavy (non-hydrogen) atoms. The molecule has 0 saturated carbocycles. The van der Waals surface area contributed by atoms with Gasteiger partial charge < -0.3 is 9.80 Å². The van der Waals surface area contributed by atoms with Gasteiger partial charge in [0, 0.05) is 10.9 Å². The zero-order chi connectivity index (χ0) is 18.8. The molecule has 2 aromatic carbocycles. The number of nitrogens with zero attached hydrogens (tertiary/aromatic N) is 2. The van der Waals surface area contributed by atoms with E-state index in [0.29, 0.717) is 0 Å². The molecule has 0 spiro atoms. The van der Waals surface area contributed by atoms with E-state index in [4.69, 9.17) is 4.98 Å². The maximum Gasteiger partial charge on any atom is 0.255 e. The van der Waals surface area contributed by atoms with Crippen molar-refractivity contribution in [2.75, 3.05) is 32.7 Å². The Morgan fingerprint density at radius 2 is 1.85 bits per heavy atom. The molecule has 1 fully saturated rings. The number of carbonyl (C=O) groups is 1. The SMILES string of the molecule is CC[NH+]1CCN(C(=O)c2cc(-c3cccc(C)c3)nc3ccccc23)CC1. The van der Waals surface area contributed by atoms with Crippen molar-refractivity contribution in [2.45, 2.75) is 13.8 Å². The number of aromatic nitrogens is 1. The number of piperazine rings is 1. The van der Waals surface area contributed by atoms with Gasteiger partial charge in [0.05, 0.1) is 49.5 Å². The van der Waals surface area contributed by atoms with Gasteiger partial charge in [0.1, 0.15) is 0 Å². The van der Waals surface area contributed by atoms with Crippen LogP contribution in [0.4, 0.5) is 0 Å². The number of carbonyl (C=O) groups excluding carboxylic acids is 1. The number of hydrogen-bond acceptors (Lipinski definition) is 2. The molecular weight excluding hydrogens is 334 g/mol. The minimum absolute atomic E-state index is 0.123. The summed E-state index contributed by atoms with van der Waals surface area (Å²) in [7, 11) is 0. The number of rotatable bonds is 3. The van der Waals surface area contributed by atoms with Crippen molar-refractivity contribution in [1.29, 1.82) is 0 Å². The Morgan fingerprint density at radius 1 is 1.07 bits per heavy atom. The van der Waals surface area contributed by atoms with E-state index in [1.165, 1.54) is 5.56 Å². The molecule has 1 amide bonds. The molecule has 0 radical (unpaired) electrons. The third-order valence-corrected chi connectivity index (χ3v) is 5.52. The van der Waals surface area contributed by atoms with Crippen LogP contribution in [0.3, 0.4) is 0 Å². The fraction of sp³-hybridized carbons (Fsp3) is 0.304. The second-order valence-electron chi connectivity index (χ2n) is 7.34. The second-order valence-corrected chi connectivity index (χ2v) is 7.34. The first-order chi connectivity index (χ1) is 13.2. The highest BCUT2D eigenvalue weighted by Crippen LogP contribution is 2.26. The molecule has 1 saturated heterocycles. The van der Waals surface area contributed by atoms with Crippen LogP contribution >= 0.6 is 0 Å². The molecule has 1 aliphatic rings. The highest BCUT2D eigenvalue weighted by Gasteiger charge is 2.25. The first kappa shape index (κ1) is 17.7. The Labute approximate surface area is 160 Å². The Bertz CT molecular complexity index is 974. The molecule has 4 nitrogen and oxygen atoms in total. The quantitative estimate of drug-likeness (QED) is 0.780. The lowest BCUT2D eigenvalue weighted by Crippen LogP contribution is -3.14. The Hall–Kier alpha value is -2.72. The van der Waals surface area contributed by atoms with Gasteiger partial charge in [-0.3, -0.25) is 4.79 Å². The van der Waals surface area contributed by atoms with Gasteiger partial charge in [-0.2, -0.15) is 0 Å². The van der Waals surface area contributed by atoms with Gasteiger partial charge in [0.25, 0.3) is 5.91 Å². The molecule has 0 unspecified atom stereocenters. The lowest BCUT2D eigenvalue weighted by Gasteiger charge is -2.32. The predicted octanol–water partition coefficient (Wildman–Crippen LogP) is 2.57. The fourth-order valence-electron chi connectivity index (χ4n) is 3.85. The predicted molar refractivity (Wildman–Crippen MR) is 109 cm³/mol. The molecule has 1 aliphatic heterocycles. The van der Waals surface area contributed by atoms with E-state index >= 15 is 0 Å². The minimum Gasteiger partial charge on any atom is -0.332 e. The number of fused-ring (bicyclic) bond motifs is 1. The van der Waals surface area contributed by atoms with Crippen LogP contribution in [0.25, 0.3) is 22.2 Å². The third kappa shape index (κ3) is 3.58. The van der Waals surface area contributed by atoms with E-state index in [1.54, 1.807) is 4.90 Å². The lowest BCUT2D eigenvalue weighted by molar-refractivity contribution is -0.902. The van der Waals surface area contributed by atoms with Crippen LogP contribution in [-0.4, -0.2) is 48.5 Å². The van der Waals surface area contributed by atoms with E-state index in [2.05, 4.69) is 32.0 Å². The summed E-state index contributed by atoms with van der Waals surface area (Å²) < 4.78 is 0. The van der Waals surface area contributed by atoms with Crippen molar-refractivity contribution in [3.05, 3.63) is 65.7 Å². The lowest BCUT2D eigenvalue weighted by atomic mass is 10.0. The van der Waals surface area contributed by atoms with Crippen molar-refractivity contribution in [2.24, 2.45) is 0 Å². The number of likely N-dealkylation sites (N-methyl/N-ethyl adjacent to an activating group) is 1. The highest BCUT2D eigenvalue weighted by molar-refractivity contribution is 6.07. The van der Waals surface area contributed by atoms with Gasteiger partial charge >= 0.3 is 0 Å². The fourth-order valence-corrected chi connectivity index (χ4v) is 3.85. The van der Waals surface area contributed by atoms with Gasteiger partial charge in [0.15, 0.2) is 0 Å². The average molecular weight is 360 g/mol. The summed E-state index contributed by atoms with van der Waals surface area (Å²) in [6, 6.07) is 18.2. The van der Waals surface area contributed by atoms with Crippen molar-refractivity contribution in [3.8, 4) is 11.3 Å². The molecule has 1 N–H and O–H groups in total. The zero-order valence-electron chi connectivity index (χ0n) is 16.0. The summed E-state index contributed by atoms with van der Waals surface area (Å²) in [5.74, 6) is 0.123. The number of amides is 1. The summed E-state index contributed by atoms with van der Waals surface area (Å²) in [6.07, 6.45) is 0. The number of quaternary nitrogens is 1. The smallest absolute Gasteiger partial charge is 0.255 e. The third-order valence-electron chi connectivity index (χ3n) is 5.52. The van der Waals surface area contributed by atoms with Crippen LogP contribution < -0.4 is 4.90 Å². The second kappa shape index (κ2) is 7.49. The van der Waals surface area contributed by atoms with Crippen LogP contribution in [0, 0.1) is 6.92 Å². The van der Waals surface area contributed by atoms with Gasteiger partial charge in [-0.25, -0.2) is 4.98 Å². The number of pyridine rings is 1. The summed E-state index contributed by atoms with van der Waals surface area (Å²) >= 11 is 0. The van der Waals surface area contributed by atoms with E-state index in [-0.39, 0.29) is 5.91 Å². The van der Waals surface area contributed by atoms with Crippen LogP contribution in [0.2, 0.25) is 0 Å². The maximum atomic E-state index is 13.3. The maximum absolute atomic E-state index is 13.3. The molecule has 4 heteroatoms. The van der Waals surface area contributed by atoms with E-state index < -0.39 is 0 Å². The number of hydrogen-bond donors (Lipinski definition) is 1. The summed E-state index contributed by atoms with van der Waals surface area (Å²) in [6.45, 7) is 9.09. The molecule has 3 aromatic rings. The topological polar surface area (TPSA) is 37.6 Å². The largest absolute Gasteiger partial charge is 0.332 e. The van der Waals surface area contributed by atoms with Crippen molar-refractivity contribution in [3.63, 3.8) is 0 Å². The molecule has 0 atom stereocenters. The average Bonchev–Trinajstić information content (AvgIpc) is 2.72. The number of benzene rings is 2. The van der Waals surface area contributed by atoms with Gasteiger partial charge in [-0.05, 0) is 32.0 Å². The normalized spacial score (nSPS) is 15.3. The van der Waals surface area contributed by atoms with Crippen LogP contribution in [-0.2, 0) is 0 Å². The van der Waals surface area contributed by atoms with Gasteiger partial charge in [-0.15, -0.1) is 0 Å². The van der Waals surface area contributed by atoms with Crippen molar-refractivity contribution < 1.29 is 9.69 Å². The van der Waals surface area contributed by atoms with E-state index in [1.807, 2.05) is 41.3 Å². The van der Waals surface area contributed by atoms with E-state index in [9.17, 15) is 4.79 Å². The molecule has 1 aromatic heterocycles. The molecule has 4 rings (SSSR count). The zero-order valence-corrected chi connectivity index (χ0v) is 16.0. The van der Waals surface area contributed by atoms with Crippen LogP contribution in [0.15, 0.2) is 54.6 Å². The Kier molecular flexibility index (Phi) is 4.90. The van der Waals surface area contributed by atoms with Crippen molar-refractivity contribution >= 4 is 16.8 Å².